The quantitative estimate of drug-likeness (QED) is 0.661. The van der Waals surface area contributed by atoms with Crippen LogP contribution in [0.25, 0.3) is 0 Å². The largest absolute Gasteiger partial charge is 0.298 e. The third-order valence-electron chi connectivity index (χ3n) is 2.80. The maximum atomic E-state index is 11.9. The maximum Gasteiger partial charge on any atom is 0.269 e. The molecule has 0 saturated carbocycles. The third-order valence-corrected chi connectivity index (χ3v) is 2.80. The molecule has 2 aromatic rings. The van der Waals surface area contributed by atoms with E-state index in [0.717, 1.165) is 11.3 Å². The monoisotopic (exact) mass is 271 g/mol. The van der Waals surface area contributed by atoms with E-state index >= 15 is 0 Å². The Kier molecular flexibility index (Phi) is 3.95. The first-order valence-electron chi connectivity index (χ1n) is 5.94. The average Bonchev–Trinajstić information content (AvgIpc) is 2.46. The van der Waals surface area contributed by atoms with Crippen molar-refractivity contribution in [1.82, 2.24) is 5.43 Å². The number of para-hydroxylation sites is 1. The molecule has 0 spiro atoms. The number of nitrogens with zero attached hydrogens (tertiary/aromatic N) is 1. The fourth-order valence-corrected chi connectivity index (χ4v) is 1.64. The summed E-state index contributed by atoms with van der Waals surface area (Å²) in [6, 6.07) is 12.9. The number of nitro groups is 1. The van der Waals surface area contributed by atoms with Crippen molar-refractivity contribution in [2.45, 2.75) is 6.92 Å². The van der Waals surface area contributed by atoms with Crippen molar-refractivity contribution < 1.29 is 9.72 Å². The van der Waals surface area contributed by atoms with E-state index in [1.807, 2.05) is 31.2 Å². The number of hydrogen-bond donors (Lipinski definition) is 2. The van der Waals surface area contributed by atoms with E-state index in [-0.39, 0.29) is 11.6 Å². The SMILES string of the molecule is Cc1ccccc1NNC(=O)c1ccc([N+](=O)[O-])cc1. The van der Waals surface area contributed by atoms with Gasteiger partial charge in [-0.1, -0.05) is 18.2 Å². The number of nitro benzene ring substituents is 1. The first-order chi connectivity index (χ1) is 9.58. The van der Waals surface area contributed by atoms with Gasteiger partial charge in [-0.2, -0.15) is 0 Å². The van der Waals surface area contributed by atoms with Gasteiger partial charge in [-0.15, -0.1) is 0 Å². The van der Waals surface area contributed by atoms with E-state index in [2.05, 4.69) is 10.9 Å². The average molecular weight is 271 g/mol. The van der Waals surface area contributed by atoms with Crippen LogP contribution in [0.3, 0.4) is 0 Å². The Labute approximate surface area is 115 Å². The molecule has 6 nitrogen and oxygen atoms in total. The molecule has 0 fully saturated rings. The lowest BCUT2D eigenvalue weighted by Gasteiger charge is -2.10. The zero-order valence-electron chi connectivity index (χ0n) is 10.8. The molecule has 20 heavy (non-hydrogen) atoms. The van der Waals surface area contributed by atoms with Crippen molar-refractivity contribution in [3.8, 4) is 0 Å². The number of aryl methyl sites for hydroxylation is 1. The number of rotatable bonds is 4. The van der Waals surface area contributed by atoms with Gasteiger partial charge in [0.05, 0.1) is 10.6 Å². The number of non-ortho nitro benzene ring substituents is 1. The molecule has 1 amide bonds. The second kappa shape index (κ2) is 5.83. The van der Waals surface area contributed by atoms with Crippen LogP contribution in [0.15, 0.2) is 48.5 Å². The fraction of sp³-hybridized carbons (Fsp3) is 0.0714. The summed E-state index contributed by atoms with van der Waals surface area (Å²) in [6.45, 7) is 1.92. The lowest BCUT2D eigenvalue weighted by atomic mass is 10.2. The van der Waals surface area contributed by atoms with Crippen molar-refractivity contribution in [3.63, 3.8) is 0 Å². The number of carbonyl (C=O) groups is 1. The van der Waals surface area contributed by atoms with Crippen LogP contribution >= 0.6 is 0 Å². The molecule has 0 aliphatic carbocycles. The molecular weight excluding hydrogens is 258 g/mol. The predicted molar refractivity (Wildman–Crippen MR) is 75.4 cm³/mol. The van der Waals surface area contributed by atoms with Crippen molar-refractivity contribution >= 4 is 17.3 Å². The summed E-state index contributed by atoms with van der Waals surface area (Å²) in [5, 5.41) is 10.5. The van der Waals surface area contributed by atoms with Crippen molar-refractivity contribution in [1.29, 1.82) is 0 Å². The molecule has 2 aromatic carbocycles. The van der Waals surface area contributed by atoms with Gasteiger partial charge in [-0.05, 0) is 30.7 Å². The number of hydrazine groups is 1. The Balaban J connectivity index is 2.02. The first kappa shape index (κ1) is 13.5. The van der Waals surface area contributed by atoms with Crippen molar-refractivity contribution in [2.24, 2.45) is 0 Å². The van der Waals surface area contributed by atoms with Crippen molar-refractivity contribution in [2.75, 3.05) is 5.43 Å². The highest BCUT2D eigenvalue weighted by molar-refractivity contribution is 5.95. The summed E-state index contributed by atoms with van der Waals surface area (Å²) < 4.78 is 0. The van der Waals surface area contributed by atoms with Gasteiger partial charge in [0, 0.05) is 17.7 Å². The van der Waals surface area contributed by atoms with E-state index < -0.39 is 4.92 Å². The molecule has 0 unspecified atom stereocenters. The van der Waals surface area contributed by atoms with Crippen LogP contribution in [-0.4, -0.2) is 10.8 Å². The van der Waals surface area contributed by atoms with E-state index in [0.29, 0.717) is 5.56 Å². The van der Waals surface area contributed by atoms with Crippen LogP contribution in [0, 0.1) is 17.0 Å². The molecule has 0 bridgehead atoms. The Morgan fingerprint density at radius 2 is 1.75 bits per heavy atom. The summed E-state index contributed by atoms with van der Waals surface area (Å²) in [5.41, 5.74) is 7.45. The van der Waals surface area contributed by atoms with E-state index in [1.54, 1.807) is 0 Å². The molecule has 0 aliphatic heterocycles. The normalized spacial score (nSPS) is 9.85. The minimum absolute atomic E-state index is 0.0478. The molecule has 2 N–H and O–H groups in total. The second-order valence-corrected chi connectivity index (χ2v) is 4.20. The number of nitrogens with one attached hydrogen (secondary N) is 2. The van der Waals surface area contributed by atoms with E-state index in [1.165, 1.54) is 24.3 Å². The molecule has 0 radical (unpaired) electrons. The second-order valence-electron chi connectivity index (χ2n) is 4.20. The van der Waals surface area contributed by atoms with Crippen molar-refractivity contribution in [3.05, 3.63) is 69.8 Å². The standard InChI is InChI=1S/C14H13N3O3/c1-10-4-2-3-5-13(10)15-16-14(18)11-6-8-12(9-7-11)17(19)20/h2-9,15H,1H3,(H,16,18). The highest BCUT2D eigenvalue weighted by atomic mass is 16.6. The number of carbonyl (C=O) groups excluding carboxylic acids is 1. The van der Waals surface area contributed by atoms with Gasteiger partial charge in [-0.3, -0.25) is 25.8 Å². The third kappa shape index (κ3) is 3.11. The Hall–Kier alpha value is -2.89. The highest BCUT2D eigenvalue weighted by Gasteiger charge is 2.09. The van der Waals surface area contributed by atoms with Crippen LogP contribution in [-0.2, 0) is 0 Å². The van der Waals surface area contributed by atoms with Gasteiger partial charge in [0.15, 0.2) is 0 Å². The summed E-state index contributed by atoms with van der Waals surface area (Å²) in [6.07, 6.45) is 0. The predicted octanol–water partition coefficient (Wildman–Crippen LogP) is 2.66. The van der Waals surface area contributed by atoms with Gasteiger partial charge in [0.2, 0.25) is 0 Å². The zero-order chi connectivity index (χ0) is 14.5. The molecule has 0 aliphatic rings. The summed E-state index contributed by atoms with van der Waals surface area (Å²) >= 11 is 0. The van der Waals surface area contributed by atoms with Crippen LogP contribution < -0.4 is 10.9 Å². The molecule has 0 heterocycles. The lowest BCUT2D eigenvalue weighted by molar-refractivity contribution is -0.384. The van der Waals surface area contributed by atoms with E-state index in [4.69, 9.17) is 0 Å². The maximum absolute atomic E-state index is 11.9. The Bertz CT molecular complexity index is 638. The number of hydrogen-bond acceptors (Lipinski definition) is 4. The minimum atomic E-state index is -0.507. The van der Waals surface area contributed by atoms with Crippen LogP contribution in [0.1, 0.15) is 15.9 Å². The highest BCUT2D eigenvalue weighted by Crippen LogP contribution is 2.13. The van der Waals surface area contributed by atoms with Gasteiger partial charge < -0.3 is 0 Å². The zero-order valence-corrected chi connectivity index (χ0v) is 10.8. The topological polar surface area (TPSA) is 84.3 Å². The summed E-state index contributed by atoms with van der Waals surface area (Å²) in [7, 11) is 0. The summed E-state index contributed by atoms with van der Waals surface area (Å²) in [4.78, 5) is 21.9. The molecule has 6 heteroatoms. The molecule has 0 aromatic heterocycles. The molecular formula is C14H13N3O3. The molecule has 102 valence electrons. The number of anilines is 1. The Morgan fingerprint density at radius 3 is 2.35 bits per heavy atom. The van der Waals surface area contributed by atoms with Gasteiger partial charge >= 0.3 is 0 Å². The van der Waals surface area contributed by atoms with Crippen LogP contribution in [0.5, 0.6) is 0 Å². The molecule has 0 atom stereocenters. The van der Waals surface area contributed by atoms with Crippen LogP contribution in [0.4, 0.5) is 11.4 Å². The van der Waals surface area contributed by atoms with Gasteiger partial charge in [0.25, 0.3) is 11.6 Å². The fourth-order valence-electron chi connectivity index (χ4n) is 1.64. The first-order valence-corrected chi connectivity index (χ1v) is 5.94. The van der Waals surface area contributed by atoms with Gasteiger partial charge in [-0.25, -0.2) is 0 Å². The van der Waals surface area contributed by atoms with Gasteiger partial charge in [0.1, 0.15) is 0 Å². The van der Waals surface area contributed by atoms with Crippen LogP contribution in [0.2, 0.25) is 0 Å². The van der Waals surface area contributed by atoms with E-state index in [9.17, 15) is 14.9 Å². The Morgan fingerprint density at radius 1 is 1.10 bits per heavy atom. The number of amides is 1. The lowest BCUT2D eigenvalue weighted by Crippen LogP contribution is -2.29. The molecule has 0 saturated heterocycles. The minimum Gasteiger partial charge on any atom is -0.298 e. The summed E-state index contributed by atoms with van der Waals surface area (Å²) in [5.74, 6) is -0.358. The smallest absolute Gasteiger partial charge is 0.269 e. The number of benzene rings is 2. The molecule has 2 rings (SSSR count).